The Morgan fingerprint density at radius 2 is 1.72 bits per heavy atom. The van der Waals surface area contributed by atoms with E-state index in [-0.39, 0.29) is 23.0 Å². The highest BCUT2D eigenvalue weighted by molar-refractivity contribution is 6.31. The van der Waals surface area contributed by atoms with Crippen LogP contribution in [0.3, 0.4) is 0 Å². The van der Waals surface area contributed by atoms with Crippen LogP contribution >= 0.6 is 23.2 Å². The number of carbonyl (C=O) groups is 1. The van der Waals surface area contributed by atoms with Gasteiger partial charge in [-0.1, -0.05) is 17.7 Å². The molecule has 0 N–H and O–H groups in total. The summed E-state index contributed by atoms with van der Waals surface area (Å²) in [6.07, 6.45) is 0. The summed E-state index contributed by atoms with van der Waals surface area (Å²) in [5.41, 5.74) is 0.656. The van der Waals surface area contributed by atoms with Gasteiger partial charge in [0.25, 0.3) is 0 Å². The number of hydrogen-bond acceptors (Lipinski definition) is 3. The lowest BCUT2D eigenvalue weighted by Crippen LogP contribution is -2.31. The monoisotopic (exact) mass is 389 g/mol. The van der Waals surface area contributed by atoms with Crippen LogP contribution in [0.4, 0.5) is 14.5 Å². The summed E-state index contributed by atoms with van der Waals surface area (Å²) in [4.78, 5) is 13.6. The lowest BCUT2D eigenvalue weighted by molar-refractivity contribution is -0.116. The van der Waals surface area contributed by atoms with Crippen molar-refractivity contribution in [3.05, 3.63) is 52.6 Å². The minimum absolute atomic E-state index is 0.0993. The predicted octanol–water partition coefficient (Wildman–Crippen LogP) is 4.41. The Morgan fingerprint density at radius 3 is 2.24 bits per heavy atom. The summed E-state index contributed by atoms with van der Waals surface area (Å²) in [5.74, 6) is -2.07. The van der Waals surface area contributed by atoms with Crippen molar-refractivity contribution in [3.63, 3.8) is 0 Å². The minimum atomic E-state index is -1.17. The number of amides is 1. The number of ether oxygens (including phenoxy) is 2. The summed E-state index contributed by atoms with van der Waals surface area (Å²) in [7, 11) is 2.94. The van der Waals surface area contributed by atoms with Crippen LogP contribution in [-0.4, -0.2) is 26.0 Å². The lowest BCUT2D eigenvalue weighted by atomic mass is 10.1. The van der Waals surface area contributed by atoms with Crippen LogP contribution in [0.2, 0.25) is 5.02 Å². The second-order valence-corrected chi connectivity index (χ2v) is 5.66. The van der Waals surface area contributed by atoms with Crippen LogP contribution in [0.25, 0.3) is 0 Å². The molecule has 25 heavy (non-hydrogen) atoms. The Labute approximate surface area is 153 Å². The molecule has 4 nitrogen and oxygen atoms in total. The summed E-state index contributed by atoms with van der Waals surface area (Å²) >= 11 is 11.5. The van der Waals surface area contributed by atoms with Crippen LogP contribution in [0.15, 0.2) is 30.3 Å². The molecule has 0 bridgehead atoms. The number of hydrogen-bond donors (Lipinski definition) is 0. The van der Waals surface area contributed by atoms with Crippen LogP contribution < -0.4 is 14.4 Å². The Bertz CT molecular complexity index is 764. The van der Waals surface area contributed by atoms with Gasteiger partial charge in [-0.05, 0) is 11.6 Å². The maximum absolute atomic E-state index is 13.7. The van der Waals surface area contributed by atoms with Gasteiger partial charge in [0, 0.05) is 18.2 Å². The lowest BCUT2D eigenvalue weighted by Gasteiger charge is -2.24. The van der Waals surface area contributed by atoms with E-state index in [4.69, 9.17) is 32.7 Å². The van der Waals surface area contributed by atoms with Crippen LogP contribution in [0.1, 0.15) is 5.56 Å². The first-order chi connectivity index (χ1) is 11.9. The molecule has 8 heteroatoms. The van der Waals surface area contributed by atoms with E-state index in [1.807, 2.05) is 0 Å². The van der Waals surface area contributed by atoms with E-state index in [2.05, 4.69) is 0 Å². The molecule has 1 amide bonds. The molecule has 0 radical (unpaired) electrons. The maximum Gasteiger partial charge on any atom is 0.242 e. The molecule has 0 aliphatic rings. The molecular weight excluding hydrogens is 375 g/mol. The molecule has 0 fully saturated rings. The maximum atomic E-state index is 13.7. The predicted molar refractivity (Wildman–Crippen MR) is 92.8 cm³/mol. The Morgan fingerprint density at radius 1 is 1.12 bits per heavy atom. The highest BCUT2D eigenvalue weighted by atomic mass is 35.5. The van der Waals surface area contributed by atoms with Gasteiger partial charge in [-0.15, -0.1) is 11.6 Å². The molecule has 0 spiro atoms. The highest BCUT2D eigenvalue weighted by Crippen LogP contribution is 2.31. The zero-order valence-electron chi connectivity index (χ0n) is 13.5. The van der Waals surface area contributed by atoms with Crippen molar-refractivity contribution >= 4 is 34.8 Å². The smallest absolute Gasteiger partial charge is 0.242 e. The van der Waals surface area contributed by atoms with Crippen molar-refractivity contribution < 1.29 is 23.0 Å². The van der Waals surface area contributed by atoms with E-state index >= 15 is 0 Å². The normalized spacial score (nSPS) is 10.5. The average Bonchev–Trinajstić information content (AvgIpc) is 2.64. The summed E-state index contributed by atoms with van der Waals surface area (Å²) in [6.45, 7) is -0.0993. The summed E-state index contributed by atoms with van der Waals surface area (Å²) in [6, 6.07) is 7.09. The van der Waals surface area contributed by atoms with Gasteiger partial charge >= 0.3 is 0 Å². The zero-order valence-corrected chi connectivity index (χ0v) is 15.0. The Kier molecular flexibility index (Phi) is 6.45. The van der Waals surface area contributed by atoms with Crippen molar-refractivity contribution in [2.45, 2.75) is 6.54 Å². The fraction of sp³-hybridized carbons (Fsp3) is 0.235. The minimum Gasteiger partial charge on any atom is -0.497 e. The van der Waals surface area contributed by atoms with E-state index < -0.39 is 17.5 Å². The second kappa shape index (κ2) is 8.36. The molecule has 0 aliphatic heterocycles. The SMILES string of the molecule is COc1cc(OC)cc(N(Cc2ccc(F)c(F)c2Cl)C(=O)CCl)c1. The van der Waals surface area contributed by atoms with Crippen molar-refractivity contribution in [1.29, 1.82) is 0 Å². The van der Waals surface area contributed by atoms with Gasteiger partial charge in [0.2, 0.25) is 5.91 Å². The highest BCUT2D eigenvalue weighted by Gasteiger charge is 2.20. The van der Waals surface area contributed by atoms with Gasteiger partial charge in [-0.3, -0.25) is 4.79 Å². The standard InChI is InChI=1S/C17H15Cl2F2NO3/c1-24-12-5-11(6-13(7-12)25-2)22(15(23)8-18)9-10-3-4-14(20)17(21)16(10)19/h3-7H,8-9H2,1-2H3. The van der Waals surface area contributed by atoms with Crippen LogP contribution in [0.5, 0.6) is 11.5 Å². The van der Waals surface area contributed by atoms with Gasteiger partial charge in [0.1, 0.15) is 17.4 Å². The molecule has 0 saturated carbocycles. The molecule has 0 heterocycles. The molecule has 2 rings (SSSR count). The number of methoxy groups -OCH3 is 2. The number of nitrogens with zero attached hydrogens (tertiary/aromatic N) is 1. The van der Waals surface area contributed by atoms with Gasteiger partial charge in [0.05, 0.1) is 31.5 Å². The average molecular weight is 390 g/mol. The van der Waals surface area contributed by atoms with Gasteiger partial charge in [0.15, 0.2) is 11.6 Å². The summed E-state index contributed by atoms with van der Waals surface area (Å²) in [5, 5.41) is -0.387. The van der Waals surface area contributed by atoms with E-state index in [0.29, 0.717) is 17.2 Å². The number of halogens is 4. The topological polar surface area (TPSA) is 38.8 Å². The zero-order chi connectivity index (χ0) is 18.6. The number of carbonyl (C=O) groups excluding carboxylic acids is 1. The van der Waals surface area contributed by atoms with Crippen LogP contribution in [-0.2, 0) is 11.3 Å². The summed E-state index contributed by atoms with van der Waals surface area (Å²) < 4.78 is 37.3. The van der Waals surface area contributed by atoms with Crippen molar-refractivity contribution in [3.8, 4) is 11.5 Å². The third-order valence-electron chi connectivity index (χ3n) is 3.51. The molecule has 0 aromatic heterocycles. The first-order valence-corrected chi connectivity index (χ1v) is 8.04. The first-order valence-electron chi connectivity index (χ1n) is 7.13. The second-order valence-electron chi connectivity index (χ2n) is 5.02. The molecule has 0 saturated heterocycles. The quantitative estimate of drug-likeness (QED) is 0.542. The van der Waals surface area contributed by atoms with Crippen molar-refractivity contribution in [1.82, 2.24) is 0 Å². The molecule has 134 valence electrons. The third-order valence-corrected chi connectivity index (χ3v) is 4.14. The fourth-order valence-corrected chi connectivity index (χ4v) is 2.56. The molecule has 0 atom stereocenters. The molecular formula is C17H15Cl2F2NO3. The molecule has 2 aromatic carbocycles. The van der Waals surface area contributed by atoms with E-state index in [0.717, 1.165) is 6.07 Å². The van der Waals surface area contributed by atoms with Crippen molar-refractivity contribution in [2.24, 2.45) is 0 Å². The Balaban J connectivity index is 2.48. The number of anilines is 1. The van der Waals surface area contributed by atoms with E-state index in [9.17, 15) is 13.6 Å². The first kappa shape index (κ1) is 19.3. The molecule has 2 aromatic rings. The van der Waals surface area contributed by atoms with Gasteiger partial charge < -0.3 is 14.4 Å². The molecule has 0 aliphatic carbocycles. The third kappa shape index (κ3) is 4.32. The van der Waals surface area contributed by atoms with E-state index in [1.165, 1.54) is 25.2 Å². The number of benzene rings is 2. The van der Waals surface area contributed by atoms with E-state index in [1.54, 1.807) is 18.2 Å². The Hall–Kier alpha value is -2.05. The van der Waals surface area contributed by atoms with Crippen molar-refractivity contribution in [2.75, 3.05) is 25.0 Å². The largest absolute Gasteiger partial charge is 0.497 e. The number of rotatable bonds is 6. The molecule has 0 unspecified atom stereocenters. The fourth-order valence-electron chi connectivity index (χ4n) is 2.20. The van der Waals surface area contributed by atoms with Gasteiger partial charge in [-0.25, -0.2) is 8.78 Å². The number of alkyl halides is 1. The van der Waals surface area contributed by atoms with Gasteiger partial charge in [-0.2, -0.15) is 0 Å². The van der Waals surface area contributed by atoms with Crippen LogP contribution in [0, 0.1) is 11.6 Å².